The van der Waals surface area contributed by atoms with E-state index in [1.807, 2.05) is 24.3 Å². The van der Waals surface area contributed by atoms with Crippen LogP contribution >= 0.6 is 11.6 Å². The summed E-state index contributed by atoms with van der Waals surface area (Å²) in [6.45, 7) is 3.08. The van der Waals surface area contributed by atoms with Crippen LogP contribution in [-0.4, -0.2) is 33.9 Å². The Morgan fingerprint density at radius 2 is 1.83 bits per heavy atom. The third-order valence-corrected chi connectivity index (χ3v) is 5.25. The zero-order valence-electron chi connectivity index (χ0n) is 14.1. The van der Waals surface area contributed by atoms with Crippen molar-refractivity contribution in [3.05, 3.63) is 46.7 Å². The molecule has 2 aromatic rings. The van der Waals surface area contributed by atoms with E-state index in [2.05, 4.69) is 22.7 Å². The molecular formula is C19H24ClN3O. The van der Waals surface area contributed by atoms with Crippen LogP contribution in [0.15, 0.2) is 30.3 Å². The Labute approximate surface area is 148 Å². The van der Waals surface area contributed by atoms with E-state index in [-0.39, 0.29) is 0 Å². The lowest BCUT2D eigenvalue weighted by Gasteiger charge is -2.31. The molecule has 1 saturated heterocycles. The summed E-state index contributed by atoms with van der Waals surface area (Å²) in [4.78, 5) is 2.49. The summed E-state index contributed by atoms with van der Waals surface area (Å²) in [5.74, 6) is 1.67. The summed E-state index contributed by atoms with van der Waals surface area (Å²) in [7, 11) is 2.07. The van der Waals surface area contributed by atoms with Gasteiger partial charge in [-0.2, -0.15) is 5.10 Å². The van der Waals surface area contributed by atoms with Crippen LogP contribution in [0.2, 0.25) is 5.02 Å². The quantitative estimate of drug-likeness (QED) is 0.820. The molecule has 2 heterocycles. The molecule has 1 aliphatic heterocycles. The minimum absolute atomic E-state index is 0.299. The molecule has 0 bridgehead atoms. The van der Waals surface area contributed by atoms with E-state index in [4.69, 9.17) is 21.4 Å². The number of likely N-dealkylation sites (tertiary alicyclic amines) is 1. The van der Waals surface area contributed by atoms with Gasteiger partial charge in [-0.15, -0.1) is 0 Å². The molecule has 0 unspecified atom stereocenters. The minimum Gasteiger partial charge on any atom is -0.490 e. The lowest BCUT2D eigenvalue weighted by Crippen LogP contribution is -2.37. The molecule has 4 nitrogen and oxygen atoms in total. The molecule has 1 aliphatic carbocycles. The zero-order valence-corrected chi connectivity index (χ0v) is 14.9. The van der Waals surface area contributed by atoms with Crippen LogP contribution in [0.25, 0.3) is 0 Å². The molecule has 4 rings (SSSR count). The minimum atomic E-state index is 0.299. The first kappa shape index (κ1) is 16.0. The first-order valence-corrected chi connectivity index (χ1v) is 9.22. The van der Waals surface area contributed by atoms with Gasteiger partial charge in [-0.1, -0.05) is 11.6 Å². The number of hydrogen-bond donors (Lipinski definition) is 0. The normalized spacial score (nSPS) is 19.6. The highest BCUT2D eigenvalue weighted by atomic mass is 35.5. The first-order valence-electron chi connectivity index (χ1n) is 8.85. The van der Waals surface area contributed by atoms with E-state index in [9.17, 15) is 0 Å². The van der Waals surface area contributed by atoms with Crippen molar-refractivity contribution < 1.29 is 4.74 Å². The molecule has 0 atom stereocenters. The van der Waals surface area contributed by atoms with E-state index >= 15 is 0 Å². The molecule has 128 valence electrons. The molecule has 0 radical (unpaired) electrons. The first-order chi connectivity index (χ1) is 11.7. The fourth-order valence-electron chi connectivity index (χ4n) is 3.50. The average molecular weight is 346 g/mol. The Balaban J connectivity index is 1.28. The monoisotopic (exact) mass is 345 g/mol. The number of aryl methyl sites for hydroxylation is 1. The van der Waals surface area contributed by atoms with Gasteiger partial charge in [-0.3, -0.25) is 9.58 Å². The molecule has 1 saturated carbocycles. The second-order valence-corrected chi connectivity index (χ2v) is 7.44. The summed E-state index contributed by atoms with van der Waals surface area (Å²) in [5.41, 5.74) is 2.61. The smallest absolute Gasteiger partial charge is 0.119 e. The number of halogens is 1. The average Bonchev–Trinajstić information content (AvgIpc) is 3.35. The van der Waals surface area contributed by atoms with E-state index in [1.54, 1.807) is 0 Å². The lowest BCUT2D eigenvalue weighted by atomic mass is 10.1. The van der Waals surface area contributed by atoms with Gasteiger partial charge in [0.2, 0.25) is 0 Å². The van der Waals surface area contributed by atoms with E-state index in [0.717, 1.165) is 49.2 Å². The molecule has 2 aliphatic rings. The van der Waals surface area contributed by atoms with Crippen LogP contribution in [0.1, 0.15) is 43.0 Å². The highest BCUT2D eigenvalue weighted by molar-refractivity contribution is 6.30. The van der Waals surface area contributed by atoms with Gasteiger partial charge in [0.15, 0.2) is 0 Å². The van der Waals surface area contributed by atoms with E-state index in [0.29, 0.717) is 6.10 Å². The largest absolute Gasteiger partial charge is 0.490 e. The van der Waals surface area contributed by atoms with Gasteiger partial charge < -0.3 is 4.74 Å². The molecule has 5 heteroatoms. The molecule has 1 aromatic carbocycles. The van der Waals surface area contributed by atoms with Crippen LogP contribution in [0.3, 0.4) is 0 Å². The highest BCUT2D eigenvalue weighted by Crippen LogP contribution is 2.40. The second-order valence-electron chi connectivity index (χ2n) is 7.01. The standard InChI is InChI=1S/C19H24ClN3O/c1-22-19(14-2-3-14)12-16(21-22)13-23-10-8-18(9-11-23)24-17-6-4-15(20)5-7-17/h4-7,12,14,18H,2-3,8-11,13H2,1H3. The van der Waals surface area contributed by atoms with Crippen molar-refractivity contribution in [2.45, 2.75) is 44.2 Å². The molecule has 0 spiro atoms. The van der Waals surface area contributed by atoms with Crippen LogP contribution < -0.4 is 4.74 Å². The van der Waals surface area contributed by atoms with Crippen molar-refractivity contribution in [2.75, 3.05) is 13.1 Å². The Bertz CT molecular complexity index is 685. The third kappa shape index (κ3) is 3.76. The molecule has 0 N–H and O–H groups in total. The molecule has 2 fully saturated rings. The van der Waals surface area contributed by atoms with Gasteiger partial charge in [0.1, 0.15) is 11.9 Å². The van der Waals surface area contributed by atoms with Crippen molar-refractivity contribution in [1.82, 2.24) is 14.7 Å². The summed E-state index contributed by atoms with van der Waals surface area (Å²) in [6, 6.07) is 9.95. The predicted octanol–water partition coefficient (Wildman–Crippen LogP) is 3.99. The number of aromatic nitrogens is 2. The van der Waals surface area contributed by atoms with Crippen molar-refractivity contribution in [1.29, 1.82) is 0 Å². The van der Waals surface area contributed by atoms with E-state index < -0.39 is 0 Å². The Kier molecular flexibility index (Phi) is 4.51. The van der Waals surface area contributed by atoms with Gasteiger partial charge in [0.05, 0.1) is 5.69 Å². The molecule has 0 amide bonds. The number of ether oxygens (including phenoxy) is 1. The summed E-state index contributed by atoms with van der Waals surface area (Å²) in [6.07, 6.45) is 5.07. The topological polar surface area (TPSA) is 30.3 Å². The predicted molar refractivity (Wildman–Crippen MR) is 95.6 cm³/mol. The number of hydrogen-bond acceptors (Lipinski definition) is 3. The van der Waals surface area contributed by atoms with Gasteiger partial charge >= 0.3 is 0 Å². The summed E-state index contributed by atoms with van der Waals surface area (Å²) < 4.78 is 8.14. The third-order valence-electron chi connectivity index (χ3n) is 5.00. The number of nitrogens with zero attached hydrogens (tertiary/aromatic N) is 3. The Morgan fingerprint density at radius 1 is 1.12 bits per heavy atom. The number of piperidine rings is 1. The van der Waals surface area contributed by atoms with Crippen LogP contribution in [0, 0.1) is 0 Å². The highest BCUT2D eigenvalue weighted by Gasteiger charge is 2.28. The van der Waals surface area contributed by atoms with E-state index in [1.165, 1.54) is 24.2 Å². The fourth-order valence-corrected chi connectivity index (χ4v) is 3.63. The maximum atomic E-state index is 6.07. The maximum Gasteiger partial charge on any atom is 0.119 e. The number of benzene rings is 1. The summed E-state index contributed by atoms with van der Waals surface area (Å²) in [5, 5.41) is 5.44. The van der Waals surface area contributed by atoms with Crippen molar-refractivity contribution in [3.63, 3.8) is 0 Å². The van der Waals surface area contributed by atoms with Gasteiger partial charge in [-0.05, 0) is 56.0 Å². The summed E-state index contributed by atoms with van der Waals surface area (Å²) >= 11 is 5.92. The Morgan fingerprint density at radius 3 is 2.50 bits per heavy atom. The number of rotatable bonds is 5. The zero-order chi connectivity index (χ0) is 16.5. The van der Waals surface area contributed by atoms with Crippen molar-refractivity contribution in [2.24, 2.45) is 7.05 Å². The lowest BCUT2D eigenvalue weighted by molar-refractivity contribution is 0.0960. The molecule has 24 heavy (non-hydrogen) atoms. The Hall–Kier alpha value is -1.52. The fraction of sp³-hybridized carbons (Fsp3) is 0.526. The van der Waals surface area contributed by atoms with Crippen molar-refractivity contribution >= 4 is 11.6 Å². The SMILES string of the molecule is Cn1nc(CN2CCC(Oc3ccc(Cl)cc3)CC2)cc1C1CC1. The van der Waals surface area contributed by atoms with Crippen LogP contribution in [0.5, 0.6) is 5.75 Å². The van der Waals surface area contributed by atoms with Gasteiger partial charge in [0, 0.05) is 43.3 Å². The molecular weight excluding hydrogens is 322 g/mol. The van der Waals surface area contributed by atoms with Crippen molar-refractivity contribution in [3.8, 4) is 5.75 Å². The van der Waals surface area contributed by atoms with Crippen LogP contribution in [0.4, 0.5) is 0 Å². The van der Waals surface area contributed by atoms with Gasteiger partial charge in [0.25, 0.3) is 0 Å². The molecule has 1 aromatic heterocycles. The second kappa shape index (κ2) is 6.77. The maximum absolute atomic E-state index is 6.07. The van der Waals surface area contributed by atoms with Crippen LogP contribution in [-0.2, 0) is 13.6 Å². The van der Waals surface area contributed by atoms with Gasteiger partial charge in [-0.25, -0.2) is 0 Å².